The average Bonchev–Trinajstić information content (AvgIpc) is 3.27. The molecule has 0 radical (unpaired) electrons. The van der Waals surface area contributed by atoms with Gasteiger partial charge in [0.05, 0.1) is 17.2 Å². The van der Waals surface area contributed by atoms with Crippen LogP contribution in [0.2, 0.25) is 0 Å². The number of para-hydroxylation sites is 2. The number of aromatic nitrogens is 5. The molecule has 4 heterocycles. The molecule has 0 spiro atoms. The second kappa shape index (κ2) is 6.12. The normalized spacial score (nSPS) is 18.0. The van der Waals surface area contributed by atoms with E-state index in [1.54, 1.807) is 0 Å². The van der Waals surface area contributed by atoms with Gasteiger partial charge in [0.2, 0.25) is 0 Å². The molecule has 0 aliphatic carbocycles. The Kier molecular flexibility index (Phi) is 3.62. The van der Waals surface area contributed by atoms with Crippen molar-refractivity contribution in [2.24, 2.45) is 5.92 Å². The molecule has 0 bridgehead atoms. The van der Waals surface area contributed by atoms with Gasteiger partial charge in [-0.3, -0.25) is 0 Å². The number of hydrogen-bond donors (Lipinski definition) is 1. The van der Waals surface area contributed by atoms with Gasteiger partial charge in [0.15, 0.2) is 5.65 Å². The van der Waals surface area contributed by atoms with Gasteiger partial charge in [-0.05, 0) is 37.8 Å². The minimum Gasteiger partial charge on any atom is -0.356 e. The van der Waals surface area contributed by atoms with Crippen LogP contribution in [0.15, 0.2) is 42.6 Å². The Labute approximate surface area is 151 Å². The lowest BCUT2D eigenvalue weighted by atomic mass is 9.94. The molecule has 1 N–H and O–H groups in total. The van der Waals surface area contributed by atoms with E-state index in [1.165, 1.54) is 12.8 Å². The zero-order chi connectivity index (χ0) is 17.5. The highest BCUT2D eigenvalue weighted by Crippen LogP contribution is 2.26. The van der Waals surface area contributed by atoms with Crippen LogP contribution in [0.5, 0.6) is 0 Å². The summed E-state index contributed by atoms with van der Waals surface area (Å²) < 4.78 is 1.95. The Balaban J connectivity index is 1.39. The fourth-order valence-electron chi connectivity index (χ4n) is 4.06. The van der Waals surface area contributed by atoms with E-state index in [-0.39, 0.29) is 0 Å². The number of nitrogens with one attached hydrogen (secondary N) is 1. The van der Waals surface area contributed by atoms with Gasteiger partial charge in [0, 0.05) is 37.3 Å². The first-order valence-electron chi connectivity index (χ1n) is 9.26. The predicted molar refractivity (Wildman–Crippen MR) is 102 cm³/mol. The second-order valence-electron chi connectivity index (χ2n) is 7.22. The standard InChI is InChI=1S/C20H22N6/c1-14-11-20(26-19(22-14)8-9-21-26)25-10-4-5-15(13-25)12-18-23-16-6-2-3-7-17(16)24-18/h2-3,6-9,11,15H,4-5,10,12-13H2,1H3,(H,23,24)/t15-/m1/s1. The Morgan fingerprint density at radius 3 is 3.04 bits per heavy atom. The van der Waals surface area contributed by atoms with Gasteiger partial charge < -0.3 is 9.88 Å². The zero-order valence-electron chi connectivity index (χ0n) is 14.9. The van der Waals surface area contributed by atoms with Gasteiger partial charge in [0.25, 0.3) is 0 Å². The predicted octanol–water partition coefficient (Wildman–Crippen LogP) is 3.37. The monoisotopic (exact) mass is 346 g/mol. The summed E-state index contributed by atoms with van der Waals surface area (Å²) in [6, 6.07) is 12.4. The Hall–Kier alpha value is -2.89. The van der Waals surface area contributed by atoms with Crippen LogP contribution < -0.4 is 4.90 Å². The lowest BCUT2D eigenvalue weighted by molar-refractivity contribution is 0.404. The lowest BCUT2D eigenvalue weighted by Crippen LogP contribution is -2.37. The van der Waals surface area contributed by atoms with Gasteiger partial charge in [0.1, 0.15) is 11.6 Å². The fraction of sp³-hybridized carbons (Fsp3) is 0.350. The number of piperidine rings is 1. The van der Waals surface area contributed by atoms with Crippen LogP contribution in [0.3, 0.4) is 0 Å². The summed E-state index contributed by atoms with van der Waals surface area (Å²) in [5.74, 6) is 2.82. The Morgan fingerprint density at radius 1 is 1.19 bits per heavy atom. The number of aromatic amines is 1. The van der Waals surface area contributed by atoms with E-state index in [2.05, 4.69) is 38.2 Å². The molecule has 6 nitrogen and oxygen atoms in total. The molecule has 1 aromatic carbocycles. The van der Waals surface area contributed by atoms with E-state index >= 15 is 0 Å². The van der Waals surface area contributed by atoms with Crippen LogP contribution in [-0.2, 0) is 6.42 Å². The van der Waals surface area contributed by atoms with Crippen LogP contribution in [0.4, 0.5) is 5.82 Å². The molecule has 1 aliphatic heterocycles. The highest BCUT2D eigenvalue weighted by molar-refractivity contribution is 5.74. The SMILES string of the molecule is Cc1cc(N2CCC[C@H](Cc3nc4ccccc4[nH]3)C2)n2nccc2n1. The van der Waals surface area contributed by atoms with E-state index in [9.17, 15) is 0 Å². The second-order valence-corrected chi connectivity index (χ2v) is 7.22. The molecule has 0 unspecified atom stereocenters. The van der Waals surface area contributed by atoms with E-state index < -0.39 is 0 Å². The number of nitrogens with zero attached hydrogens (tertiary/aromatic N) is 5. The maximum Gasteiger partial charge on any atom is 0.157 e. The van der Waals surface area contributed by atoms with Crippen LogP contribution in [0, 0.1) is 12.8 Å². The molecular formula is C20H22N6. The maximum atomic E-state index is 4.76. The first-order valence-corrected chi connectivity index (χ1v) is 9.26. The number of rotatable bonds is 3. The molecule has 6 heteroatoms. The third-order valence-electron chi connectivity index (χ3n) is 5.23. The van der Waals surface area contributed by atoms with Crippen molar-refractivity contribution >= 4 is 22.5 Å². The van der Waals surface area contributed by atoms with Crippen LogP contribution in [-0.4, -0.2) is 37.7 Å². The quantitative estimate of drug-likeness (QED) is 0.618. The van der Waals surface area contributed by atoms with Crippen LogP contribution >= 0.6 is 0 Å². The summed E-state index contributed by atoms with van der Waals surface area (Å²) in [4.78, 5) is 15.2. The van der Waals surface area contributed by atoms with Gasteiger partial charge in [-0.1, -0.05) is 12.1 Å². The lowest BCUT2D eigenvalue weighted by Gasteiger charge is -2.34. The van der Waals surface area contributed by atoms with Crippen molar-refractivity contribution in [3.8, 4) is 0 Å². The molecule has 0 saturated carbocycles. The molecule has 132 valence electrons. The van der Waals surface area contributed by atoms with Crippen molar-refractivity contribution in [3.63, 3.8) is 0 Å². The van der Waals surface area contributed by atoms with Gasteiger partial charge in [-0.15, -0.1) is 0 Å². The molecule has 1 fully saturated rings. The van der Waals surface area contributed by atoms with E-state index in [1.807, 2.05) is 35.8 Å². The number of H-pyrrole nitrogens is 1. The van der Waals surface area contributed by atoms with Crippen LogP contribution in [0.1, 0.15) is 24.4 Å². The summed E-state index contributed by atoms with van der Waals surface area (Å²) in [5.41, 5.74) is 4.13. The van der Waals surface area contributed by atoms with Crippen LogP contribution in [0.25, 0.3) is 16.7 Å². The number of fused-ring (bicyclic) bond motifs is 2. The van der Waals surface area contributed by atoms with Gasteiger partial charge >= 0.3 is 0 Å². The summed E-state index contributed by atoms with van der Waals surface area (Å²) >= 11 is 0. The van der Waals surface area contributed by atoms with Gasteiger partial charge in [-0.2, -0.15) is 9.61 Å². The molecule has 0 amide bonds. The number of benzene rings is 1. The Morgan fingerprint density at radius 2 is 2.12 bits per heavy atom. The molecule has 1 atom stereocenters. The fourth-order valence-corrected chi connectivity index (χ4v) is 4.06. The minimum atomic E-state index is 0.586. The topological polar surface area (TPSA) is 62.1 Å². The molecule has 26 heavy (non-hydrogen) atoms. The molecule has 1 aliphatic rings. The van der Waals surface area contributed by atoms with E-state index in [0.717, 1.165) is 53.5 Å². The summed E-state index contributed by atoms with van der Waals surface area (Å²) in [5, 5.41) is 4.47. The molecule has 4 aromatic rings. The van der Waals surface area contributed by atoms with Crippen molar-refractivity contribution < 1.29 is 0 Å². The van der Waals surface area contributed by atoms with Crippen molar-refractivity contribution in [1.82, 2.24) is 24.6 Å². The van der Waals surface area contributed by atoms with Crippen molar-refractivity contribution in [3.05, 3.63) is 54.1 Å². The van der Waals surface area contributed by atoms with Crippen molar-refractivity contribution in [2.75, 3.05) is 18.0 Å². The summed E-state index contributed by atoms with van der Waals surface area (Å²) in [6.07, 6.45) is 5.23. The number of anilines is 1. The number of aryl methyl sites for hydroxylation is 1. The summed E-state index contributed by atoms with van der Waals surface area (Å²) in [7, 11) is 0. The largest absolute Gasteiger partial charge is 0.356 e. The van der Waals surface area contributed by atoms with E-state index in [4.69, 9.17) is 4.98 Å². The zero-order valence-corrected chi connectivity index (χ0v) is 14.9. The smallest absolute Gasteiger partial charge is 0.157 e. The third-order valence-corrected chi connectivity index (χ3v) is 5.23. The molecule has 1 saturated heterocycles. The third kappa shape index (κ3) is 2.71. The molecule has 3 aromatic heterocycles. The number of imidazole rings is 1. The van der Waals surface area contributed by atoms with Crippen molar-refractivity contribution in [1.29, 1.82) is 0 Å². The van der Waals surface area contributed by atoms with Gasteiger partial charge in [-0.25, -0.2) is 9.97 Å². The highest BCUT2D eigenvalue weighted by Gasteiger charge is 2.23. The Bertz CT molecular complexity index is 1030. The van der Waals surface area contributed by atoms with Crippen molar-refractivity contribution in [2.45, 2.75) is 26.2 Å². The highest BCUT2D eigenvalue weighted by atomic mass is 15.3. The minimum absolute atomic E-state index is 0.586. The molecule has 5 rings (SSSR count). The van der Waals surface area contributed by atoms with E-state index in [0.29, 0.717) is 5.92 Å². The first kappa shape index (κ1) is 15.4. The maximum absolute atomic E-state index is 4.76. The number of hydrogen-bond acceptors (Lipinski definition) is 4. The molecular weight excluding hydrogens is 324 g/mol. The average molecular weight is 346 g/mol. The summed E-state index contributed by atoms with van der Waals surface area (Å²) in [6.45, 7) is 4.14. The first-order chi connectivity index (χ1) is 12.8.